The zero-order valence-electron chi connectivity index (χ0n) is 13.3. The minimum absolute atomic E-state index is 0.637. The molecule has 4 heterocycles. The van der Waals surface area contributed by atoms with Gasteiger partial charge in [0.15, 0.2) is 11.5 Å². The van der Waals surface area contributed by atoms with E-state index in [0.29, 0.717) is 5.56 Å². The second-order valence-corrected chi connectivity index (χ2v) is 5.70. The second kappa shape index (κ2) is 5.77. The predicted molar refractivity (Wildman–Crippen MR) is 88.9 cm³/mol. The standard InChI is InChI=1S/C16H16N8/c1-12-19-20-14-2-3-15(21-24(12)14)22-6-8-23(9-7-22)16-10-13(11-17)4-5-18-16/h2-5,10H,6-9H2,1H3. The molecule has 0 aliphatic carbocycles. The minimum atomic E-state index is 0.637. The maximum atomic E-state index is 9.02. The first-order valence-electron chi connectivity index (χ1n) is 7.80. The van der Waals surface area contributed by atoms with Crippen molar-refractivity contribution in [1.82, 2.24) is 24.8 Å². The SMILES string of the molecule is Cc1nnc2ccc(N3CCN(c4cc(C#N)ccn4)CC3)nn12. The summed E-state index contributed by atoms with van der Waals surface area (Å²) in [6, 6.07) is 9.63. The van der Waals surface area contributed by atoms with Crippen molar-refractivity contribution in [1.29, 1.82) is 5.26 Å². The van der Waals surface area contributed by atoms with Crippen molar-refractivity contribution in [3.63, 3.8) is 0 Å². The zero-order chi connectivity index (χ0) is 16.5. The molecule has 8 nitrogen and oxygen atoms in total. The van der Waals surface area contributed by atoms with Gasteiger partial charge in [0.05, 0.1) is 11.6 Å². The molecule has 8 heteroatoms. The van der Waals surface area contributed by atoms with Gasteiger partial charge >= 0.3 is 0 Å². The van der Waals surface area contributed by atoms with E-state index in [1.165, 1.54) is 0 Å². The fourth-order valence-electron chi connectivity index (χ4n) is 2.88. The van der Waals surface area contributed by atoms with Crippen molar-refractivity contribution in [3.05, 3.63) is 41.9 Å². The van der Waals surface area contributed by atoms with Gasteiger partial charge in [-0.2, -0.15) is 9.78 Å². The fourth-order valence-corrected chi connectivity index (χ4v) is 2.88. The van der Waals surface area contributed by atoms with E-state index in [4.69, 9.17) is 5.26 Å². The highest BCUT2D eigenvalue weighted by molar-refractivity contribution is 5.49. The van der Waals surface area contributed by atoms with Crippen LogP contribution in [0, 0.1) is 18.3 Å². The molecule has 0 atom stereocenters. The van der Waals surface area contributed by atoms with Crippen LogP contribution in [0.3, 0.4) is 0 Å². The molecule has 1 saturated heterocycles. The molecule has 120 valence electrons. The smallest absolute Gasteiger partial charge is 0.178 e. The van der Waals surface area contributed by atoms with Crippen molar-refractivity contribution in [2.24, 2.45) is 0 Å². The molecule has 0 N–H and O–H groups in total. The van der Waals surface area contributed by atoms with Crippen LogP contribution in [0.2, 0.25) is 0 Å². The van der Waals surface area contributed by atoms with Gasteiger partial charge in [-0.15, -0.1) is 15.3 Å². The molecular formula is C16H16N8. The average Bonchev–Trinajstić information content (AvgIpc) is 3.02. The van der Waals surface area contributed by atoms with E-state index in [1.54, 1.807) is 16.8 Å². The zero-order valence-corrected chi connectivity index (χ0v) is 13.3. The Bertz CT molecular complexity index is 917. The molecule has 0 spiro atoms. The Morgan fingerprint density at radius 1 is 1.00 bits per heavy atom. The number of aromatic nitrogens is 5. The van der Waals surface area contributed by atoms with Gasteiger partial charge < -0.3 is 9.80 Å². The summed E-state index contributed by atoms with van der Waals surface area (Å²) in [7, 11) is 0. The first-order chi connectivity index (χ1) is 11.7. The van der Waals surface area contributed by atoms with E-state index in [2.05, 4.69) is 36.1 Å². The van der Waals surface area contributed by atoms with Gasteiger partial charge in [0, 0.05) is 32.4 Å². The van der Waals surface area contributed by atoms with Crippen LogP contribution in [0.5, 0.6) is 0 Å². The van der Waals surface area contributed by atoms with E-state index in [0.717, 1.165) is 49.3 Å². The van der Waals surface area contributed by atoms with E-state index < -0.39 is 0 Å². The summed E-state index contributed by atoms with van der Waals surface area (Å²) in [6.07, 6.45) is 1.69. The molecule has 3 aromatic heterocycles. The van der Waals surface area contributed by atoms with Gasteiger partial charge in [-0.3, -0.25) is 0 Å². The Balaban J connectivity index is 1.50. The quantitative estimate of drug-likeness (QED) is 0.697. The number of fused-ring (bicyclic) bond motifs is 1. The molecule has 4 rings (SSSR count). The predicted octanol–water partition coefficient (Wildman–Crippen LogP) is 1.03. The molecule has 0 unspecified atom stereocenters. The molecule has 0 saturated carbocycles. The van der Waals surface area contributed by atoms with Crippen LogP contribution < -0.4 is 9.80 Å². The first-order valence-corrected chi connectivity index (χ1v) is 7.80. The summed E-state index contributed by atoms with van der Waals surface area (Å²) < 4.78 is 1.76. The van der Waals surface area contributed by atoms with Crippen LogP contribution in [-0.2, 0) is 0 Å². The molecule has 0 amide bonds. The summed E-state index contributed by atoms with van der Waals surface area (Å²) in [5, 5.41) is 21.7. The number of hydrogen-bond donors (Lipinski definition) is 0. The number of anilines is 2. The van der Waals surface area contributed by atoms with Gasteiger partial charge in [-0.05, 0) is 31.2 Å². The molecule has 3 aromatic rings. The molecule has 0 aromatic carbocycles. The second-order valence-electron chi connectivity index (χ2n) is 5.70. The third-order valence-electron chi connectivity index (χ3n) is 4.21. The van der Waals surface area contributed by atoms with Gasteiger partial charge in [-0.25, -0.2) is 4.98 Å². The number of nitriles is 1. The van der Waals surface area contributed by atoms with E-state index in [1.807, 2.05) is 25.1 Å². The monoisotopic (exact) mass is 320 g/mol. The van der Waals surface area contributed by atoms with Crippen LogP contribution in [0.1, 0.15) is 11.4 Å². The fraction of sp³-hybridized carbons (Fsp3) is 0.312. The third kappa shape index (κ3) is 2.50. The maximum absolute atomic E-state index is 9.02. The Morgan fingerprint density at radius 3 is 2.50 bits per heavy atom. The lowest BCUT2D eigenvalue weighted by molar-refractivity contribution is 0.635. The Labute approximate surface area is 139 Å². The van der Waals surface area contributed by atoms with Crippen molar-refractivity contribution < 1.29 is 0 Å². The molecular weight excluding hydrogens is 304 g/mol. The number of nitrogens with zero attached hydrogens (tertiary/aromatic N) is 8. The van der Waals surface area contributed by atoms with Crippen LogP contribution in [0.4, 0.5) is 11.6 Å². The number of aryl methyl sites for hydroxylation is 1. The van der Waals surface area contributed by atoms with Crippen LogP contribution in [-0.4, -0.2) is 51.0 Å². The van der Waals surface area contributed by atoms with Crippen molar-refractivity contribution in [2.75, 3.05) is 36.0 Å². The normalized spacial score (nSPS) is 14.8. The average molecular weight is 320 g/mol. The number of hydrogen-bond acceptors (Lipinski definition) is 7. The summed E-state index contributed by atoms with van der Waals surface area (Å²) in [6.45, 7) is 5.25. The highest BCUT2D eigenvalue weighted by atomic mass is 15.4. The molecule has 1 aliphatic heterocycles. The Kier molecular flexibility index (Phi) is 3.46. The van der Waals surface area contributed by atoms with Gasteiger partial charge in [0.2, 0.25) is 0 Å². The summed E-state index contributed by atoms with van der Waals surface area (Å²) >= 11 is 0. The van der Waals surface area contributed by atoms with E-state index in [9.17, 15) is 0 Å². The summed E-state index contributed by atoms with van der Waals surface area (Å²) in [5.41, 5.74) is 1.39. The lowest BCUT2D eigenvalue weighted by atomic mass is 10.2. The van der Waals surface area contributed by atoms with E-state index >= 15 is 0 Å². The van der Waals surface area contributed by atoms with E-state index in [-0.39, 0.29) is 0 Å². The van der Waals surface area contributed by atoms with Gasteiger partial charge in [0.1, 0.15) is 11.6 Å². The van der Waals surface area contributed by atoms with Crippen LogP contribution in [0.15, 0.2) is 30.5 Å². The highest BCUT2D eigenvalue weighted by Gasteiger charge is 2.20. The van der Waals surface area contributed by atoms with Gasteiger partial charge in [-0.1, -0.05) is 0 Å². The Morgan fingerprint density at radius 2 is 1.75 bits per heavy atom. The largest absolute Gasteiger partial charge is 0.353 e. The van der Waals surface area contributed by atoms with Gasteiger partial charge in [0.25, 0.3) is 0 Å². The van der Waals surface area contributed by atoms with Crippen molar-refractivity contribution in [2.45, 2.75) is 6.92 Å². The number of piperazine rings is 1. The van der Waals surface area contributed by atoms with Crippen molar-refractivity contribution in [3.8, 4) is 6.07 Å². The lowest BCUT2D eigenvalue weighted by Crippen LogP contribution is -2.47. The topological polar surface area (TPSA) is 86.2 Å². The van der Waals surface area contributed by atoms with Crippen LogP contribution in [0.25, 0.3) is 5.65 Å². The van der Waals surface area contributed by atoms with Crippen LogP contribution >= 0.6 is 0 Å². The molecule has 0 radical (unpaired) electrons. The number of pyridine rings is 1. The first kappa shape index (κ1) is 14.4. The molecule has 0 bridgehead atoms. The summed E-state index contributed by atoms with van der Waals surface area (Å²) in [5.74, 6) is 2.55. The molecule has 1 fully saturated rings. The Hall–Kier alpha value is -3.21. The maximum Gasteiger partial charge on any atom is 0.178 e. The molecule has 24 heavy (non-hydrogen) atoms. The summed E-state index contributed by atoms with van der Waals surface area (Å²) in [4.78, 5) is 8.81. The molecule has 1 aliphatic rings. The highest BCUT2D eigenvalue weighted by Crippen LogP contribution is 2.18. The number of rotatable bonds is 2. The lowest BCUT2D eigenvalue weighted by Gasteiger charge is -2.35. The third-order valence-corrected chi connectivity index (χ3v) is 4.21. The van der Waals surface area contributed by atoms with Crippen molar-refractivity contribution >= 4 is 17.3 Å². The minimum Gasteiger partial charge on any atom is -0.353 e.